The summed E-state index contributed by atoms with van der Waals surface area (Å²) in [5.41, 5.74) is 1.09. The molecular formula is C32H31Cl2N5O5. The number of ether oxygens (including phenoxy) is 2. The number of carboxylic acids is 1. The zero-order chi connectivity index (χ0) is 32.3. The zero-order valence-electron chi connectivity index (χ0n) is 24.4. The van der Waals surface area contributed by atoms with Crippen molar-refractivity contribution in [2.75, 3.05) is 24.9 Å². The Balaban J connectivity index is 0.000000249. The van der Waals surface area contributed by atoms with Gasteiger partial charge in [0.05, 0.1) is 35.4 Å². The maximum absolute atomic E-state index is 12.6. The molecule has 4 rings (SSSR count). The highest BCUT2D eigenvalue weighted by Crippen LogP contribution is 2.30. The Labute approximate surface area is 265 Å². The van der Waals surface area contributed by atoms with E-state index in [1.165, 1.54) is 19.4 Å². The fourth-order valence-corrected chi connectivity index (χ4v) is 4.19. The van der Waals surface area contributed by atoms with Crippen molar-refractivity contribution < 1.29 is 24.2 Å². The van der Waals surface area contributed by atoms with Gasteiger partial charge >= 0.3 is 5.97 Å². The van der Waals surface area contributed by atoms with E-state index in [1.807, 2.05) is 6.92 Å². The number of carboxylic acid groups (broad SMARTS) is 1. The van der Waals surface area contributed by atoms with Crippen LogP contribution in [0.15, 0.2) is 73.1 Å². The minimum absolute atomic E-state index is 0.0921. The number of carbonyl (C=O) groups is 2. The van der Waals surface area contributed by atoms with Crippen molar-refractivity contribution in [1.29, 1.82) is 0 Å². The number of halogens is 2. The number of pyridine rings is 2. The molecule has 0 aliphatic heterocycles. The Morgan fingerprint density at radius 2 is 1.36 bits per heavy atom. The summed E-state index contributed by atoms with van der Waals surface area (Å²) in [5, 5.41) is 18.8. The standard InChI is InChI=1S/C19H20ClN3O2.C13H11ClN2O3/c1-5-19(3,6-2)23-18(24)14-8-7-11-21-17(14)22-13-9-10-16(25-4)15(20)12-13;1-19-11-5-4-8(7-10(11)14)16-12-9(13(17)18)3-2-6-15-12/h1,7-12H,6H2,2-4H3,(H,21,22)(H,23,24);2-7H,1H3,(H,15,16)(H,17,18). The molecule has 4 aromatic rings. The van der Waals surface area contributed by atoms with E-state index < -0.39 is 11.5 Å². The number of terminal acetylenes is 1. The first-order valence-corrected chi connectivity index (χ1v) is 13.9. The number of nitrogens with zero attached hydrogens (tertiary/aromatic N) is 2. The van der Waals surface area contributed by atoms with Crippen LogP contribution in [0.4, 0.5) is 23.0 Å². The van der Waals surface area contributed by atoms with Crippen LogP contribution in [0.5, 0.6) is 11.5 Å². The second kappa shape index (κ2) is 15.5. The number of carbonyl (C=O) groups excluding carboxylic acids is 1. The van der Waals surface area contributed by atoms with Crippen LogP contribution in [0, 0.1) is 12.3 Å². The van der Waals surface area contributed by atoms with E-state index in [0.29, 0.717) is 50.7 Å². The lowest BCUT2D eigenvalue weighted by Crippen LogP contribution is -2.44. The number of anilines is 4. The molecule has 0 saturated carbocycles. The third-order valence-corrected chi connectivity index (χ3v) is 6.93. The Morgan fingerprint density at radius 1 is 0.886 bits per heavy atom. The van der Waals surface area contributed by atoms with E-state index >= 15 is 0 Å². The molecule has 228 valence electrons. The number of amides is 1. The summed E-state index contributed by atoms with van der Waals surface area (Å²) < 4.78 is 10.2. The van der Waals surface area contributed by atoms with Crippen LogP contribution in [-0.4, -0.2) is 46.7 Å². The molecule has 1 atom stereocenters. The first-order valence-electron chi connectivity index (χ1n) is 13.2. The molecule has 0 fully saturated rings. The number of aromatic nitrogens is 2. The molecular weight excluding hydrogens is 605 g/mol. The smallest absolute Gasteiger partial charge is 0.339 e. The number of hydrogen-bond donors (Lipinski definition) is 4. The molecule has 4 N–H and O–H groups in total. The number of aromatic carboxylic acids is 1. The van der Waals surface area contributed by atoms with Crippen LogP contribution in [0.25, 0.3) is 0 Å². The number of hydrogen-bond acceptors (Lipinski definition) is 8. The van der Waals surface area contributed by atoms with E-state index in [1.54, 1.807) is 74.8 Å². The van der Waals surface area contributed by atoms with Gasteiger partial charge in [-0.3, -0.25) is 4.79 Å². The van der Waals surface area contributed by atoms with Gasteiger partial charge in [-0.25, -0.2) is 14.8 Å². The number of nitrogens with one attached hydrogen (secondary N) is 3. The molecule has 0 radical (unpaired) electrons. The van der Waals surface area contributed by atoms with Crippen LogP contribution in [0.1, 0.15) is 41.0 Å². The van der Waals surface area contributed by atoms with Crippen LogP contribution in [0.3, 0.4) is 0 Å². The summed E-state index contributed by atoms with van der Waals surface area (Å²) in [6, 6.07) is 16.7. The SMILES string of the molecule is C#CC(C)(CC)NC(=O)c1cccnc1Nc1ccc(OC)c(Cl)c1.COc1ccc(Nc2ncccc2C(=O)O)cc1Cl. The van der Waals surface area contributed by atoms with E-state index in [2.05, 4.69) is 31.8 Å². The van der Waals surface area contributed by atoms with Crippen molar-refractivity contribution in [2.24, 2.45) is 0 Å². The van der Waals surface area contributed by atoms with E-state index in [9.17, 15) is 9.59 Å². The summed E-state index contributed by atoms with van der Waals surface area (Å²) in [6.07, 6.45) is 9.26. The molecule has 0 aliphatic carbocycles. The molecule has 1 unspecified atom stereocenters. The lowest BCUT2D eigenvalue weighted by molar-refractivity contribution is 0.0697. The highest BCUT2D eigenvalue weighted by Gasteiger charge is 2.24. The third-order valence-electron chi connectivity index (χ3n) is 6.33. The molecule has 0 saturated heterocycles. The van der Waals surface area contributed by atoms with Gasteiger partial charge < -0.3 is 30.5 Å². The maximum atomic E-state index is 12.6. The van der Waals surface area contributed by atoms with E-state index in [4.69, 9.17) is 44.2 Å². The van der Waals surface area contributed by atoms with Crippen LogP contribution in [0.2, 0.25) is 10.0 Å². The quantitative estimate of drug-likeness (QED) is 0.133. The van der Waals surface area contributed by atoms with Crippen molar-refractivity contribution >= 4 is 58.1 Å². The maximum Gasteiger partial charge on any atom is 0.339 e. The van der Waals surface area contributed by atoms with Gasteiger partial charge in [-0.1, -0.05) is 36.0 Å². The number of benzene rings is 2. The molecule has 0 spiro atoms. The Bertz CT molecular complexity index is 1680. The fourth-order valence-electron chi connectivity index (χ4n) is 3.67. The average molecular weight is 637 g/mol. The van der Waals surface area contributed by atoms with Gasteiger partial charge in [0, 0.05) is 23.8 Å². The van der Waals surface area contributed by atoms with Gasteiger partial charge in [0.1, 0.15) is 28.7 Å². The van der Waals surface area contributed by atoms with Gasteiger partial charge in [0.15, 0.2) is 0 Å². The second-order valence-electron chi connectivity index (χ2n) is 9.34. The lowest BCUT2D eigenvalue weighted by atomic mass is 9.99. The largest absolute Gasteiger partial charge is 0.495 e. The highest BCUT2D eigenvalue weighted by atomic mass is 35.5. The van der Waals surface area contributed by atoms with Crippen LogP contribution in [-0.2, 0) is 0 Å². The molecule has 2 aromatic heterocycles. The van der Waals surface area contributed by atoms with Gasteiger partial charge in [0.25, 0.3) is 5.91 Å². The van der Waals surface area contributed by atoms with Gasteiger partial charge in [-0.05, 0) is 74.0 Å². The van der Waals surface area contributed by atoms with E-state index in [0.717, 1.165) is 0 Å². The average Bonchev–Trinajstić information content (AvgIpc) is 3.02. The molecule has 2 heterocycles. The fraction of sp³-hybridized carbons (Fsp3) is 0.188. The lowest BCUT2D eigenvalue weighted by Gasteiger charge is -2.24. The second-order valence-corrected chi connectivity index (χ2v) is 10.2. The number of rotatable bonds is 10. The normalized spacial score (nSPS) is 11.5. The van der Waals surface area contributed by atoms with Gasteiger partial charge in [-0.15, -0.1) is 6.42 Å². The molecule has 12 heteroatoms. The predicted octanol–water partition coefficient (Wildman–Crippen LogP) is 7.20. The minimum atomic E-state index is -1.05. The zero-order valence-corrected chi connectivity index (χ0v) is 26.0. The van der Waals surface area contributed by atoms with Crippen molar-refractivity contribution in [3.8, 4) is 23.8 Å². The summed E-state index contributed by atoms with van der Waals surface area (Å²) >= 11 is 12.1. The first-order chi connectivity index (χ1) is 21.0. The third kappa shape index (κ3) is 8.77. The summed E-state index contributed by atoms with van der Waals surface area (Å²) in [4.78, 5) is 31.9. The predicted molar refractivity (Wildman–Crippen MR) is 173 cm³/mol. The minimum Gasteiger partial charge on any atom is -0.495 e. The van der Waals surface area contributed by atoms with E-state index in [-0.39, 0.29) is 17.3 Å². The first kappa shape index (κ1) is 33.5. The number of methoxy groups -OCH3 is 2. The van der Waals surface area contributed by atoms with Crippen molar-refractivity contribution in [1.82, 2.24) is 15.3 Å². The van der Waals surface area contributed by atoms with Gasteiger partial charge in [-0.2, -0.15) is 0 Å². The van der Waals surface area contributed by atoms with Crippen molar-refractivity contribution in [2.45, 2.75) is 25.8 Å². The molecule has 0 bridgehead atoms. The molecule has 44 heavy (non-hydrogen) atoms. The monoisotopic (exact) mass is 635 g/mol. The topological polar surface area (TPSA) is 135 Å². The summed E-state index contributed by atoms with van der Waals surface area (Å²) in [5.74, 6) is 3.06. The Morgan fingerprint density at radius 3 is 1.77 bits per heavy atom. The molecule has 0 aliphatic rings. The highest BCUT2D eigenvalue weighted by molar-refractivity contribution is 6.32. The Hall–Kier alpha value is -4.98. The molecule has 10 nitrogen and oxygen atoms in total. The molecule has 1 amide bonds. The Kier molecular flexibility index (Phi) is 11.8. The van der Waals surface area contributed by atoms with Crippen LogP contribution < -0.4 is 25.4 Å². The van der Waals surface area contributed by atoms with Crippen LogP contribution >= 0.6 is 23.2 Å². The molecule has 2 aromatic carbocycles. The van der Waals surface area contributed by atoms with Crippen molar-refractivity contribution in [3.63, 3.8) is 0 Å². The summed E-state index contributed by atoms with van der Waals surface area (Å²) in [7, 11) is 3.07. The van der Waals surface area contributed by atoms with Gasteiger partial charge in [0.2, 0.25) is 0 Å². The summed E-state index contributed by atoms with van der Waals surface area (Å²) in [6.45, 7) is 3.72. The van der Waals surface area contributed by atoms with Crippen molar-refractivity contribution in [3.05, 3.63) is 94.2 Å².